The number of carbonyl (C=O) groups excluding carboxylic acids is 1. The summed E-state index contributed by atoms with van der Waals surface area (Å²) in [7, 11) is 0. The molecule has 6 heteroatoms. The van der Waals surface area contributed by atoms with Crippen molar-refractivity contribution in [2.45, 2.75) is 38.5 Å². The standard InChI is InChI=1S/C20H25NO5/c1-2-23-17-8-5-6-14-12-15(13-26-18(14)17)19(22)21-9-4-3-7-16(21)20-24-10-11-25-20/h5-6,8,12,16,20H,2-4,7,9-11,13H2,1H3. The quantitative estimate of drug-likeness (QED) is 0.827. The van der Waals surface area contributed by atoms with Crippen LogP contribution in [0.1, 0.15) is 31.7 Å². The van der Waals surface area contributed by atoms with Gasteiger partial charge < -0.3 is 23.8 Å². The minimum absolute atomic E-state index is 0.0151. The van der Waals surface area contributed by atoms with Crippen LogP contribution in [0, 0.1) is 0 Å². The van der Waals surface area contributed by atoms with Crippen molar-refractivity contribution in [1.82, 2.24) is 4.90 Å². The molecule has 3 heterocycles. The van der Waals surface area contributed by atoms with E-state index in [0.29, 0.717) is 31.1 Å². The molecular weight excluding hydrogens is 334 g/mol. The van der Waals surface area contributed by atoms with Crippen molar-refractivity contribution in [2.24, 2.45) is 0 Å². The fourth-order valence-electron chi connectivity index (χ4n) is 3.85. The fourth-order valence-corrected chi connectivity index (χ4v) is 3.85. The summed E-state index contributed by atoms with van der Waals surface area (Å²) < 4.78 is 22.9. The molecule has 0 bridgehead atoms. The Morgan fingerprint density at radius 3 is 2.92 bits per heavy atom. The van der Waals surface area contributed by atoms with E-state index >= 15 is 0 Å². The Labute approximate surface area is 153 Å². The molecule has 0 spiro atoms. The number of rotatable bonds is 4. The van der Waals surface area contributed by atoms with E-state index in [4.69, 9.17) is 18.9 Å². The van der Waals surface area contributed by atoms with Gasteiger partial charge in [0, 0.05) is 12.1 Å². The van der Waals surface area contributed by atoms with Crippen LogP contribution >= 0.6 is 0 Å². The topological polar surface area (TPSA) is 57.2 Å². The zero-order valence-electron chi connectivity index (χ0n) is 15.1. The van der Waals surface area contributed by atoms with Crippen LogP contribution < -0.4 is 9.47 Å². The molecule has 6 nitrogen and oxygen atoms in total. The van der Waals surface area contributed by atoms with Crippen LogP contribution in [0.2, 0.25) is 0 Å². The number of benzene rings is 1. The molecule has 4 rings (SSSR count). The third-order valence-electron chi connectivity index (χ3n) is 5.06. The minimum atomic E-state index is -0.304. The molecule has 0 aliphatic carbocycles. The number of para-hydroxylation sites is 1. The van der Waals surface area contributed by atoms with Crippen molar-refractivity contribution < 1.29 is 23.7 Å². The molecule has 1 unspecified atom stereocenters. The summed E-state index contributed by atoms with van der Waals surface area (Å²) >= 11 is 0. The number of ether oxygens (including phenoxy) is 4. The van der Waals surface area contributed by atoms with Gasteiger partial charge >= 0.3 is 0 Å². The maximum Gasteiger partial charge on any atom is 0.253 e. The lowest BCUT2D eigenvalue weighted by Gasteiger charge is -2.38. The SMILES string of the molecule is CCOc1cccc2c1OCC(C(=O)N1CCCCC1C1OCCO1)=C2. The van der Waals surface area contributed by atoms with Crippen LogP contribution in [-0.2, 0) is 14.3 Å². The molecule has 0 N–H and O–H groups in total. The van der Waals surface area contributed by atoms with E-state index in [1.807, 2.05) is 36.1 Å². The molecule has 2 saturated heterocycles. The summed E-state index contributed by atoms with van der Waals surface area (Å²) in [5.41, 5.74) is 1.54. The molecular formula is C20H25NO5. The Morgan fingerprint density at radius 2 is 2.12 bits per heavy atom. The summed E-state index contributed by atoms with van der Waals surface area (Å²) in [5.74, 6) is 1.45. The molecule has 0 aromatic heterocycles. The van der Waals surface area contributed by atoms with E-state index in [1.54, 1.807) is 0 Å². The monoisotopic (exact) mass is 359 g/mol. The summed E-state index contributed by atoms with van der Waals surface area (Å²) in [6, 6.07) is 5.73. The predicted octanol–water partition coefficient (Wildman–Crippen LogP) is 2.62. The maximum atomic E-state index is 13.2. The maximum absolute atomic E-state index is 13.2. The number of nitrogens with zero attached hydrogens (tertiary/aromatic N) is 1. The van der Waals surface area contributed by atoms with E-state index < -0.39 is 0 Å². The molecule has 3 aliphatic rings. The highest BCUT2D eigenvalue weighted by molar-refractivity contribution is 5.99. The summed E-state index contributed by atoms with van der Waals surface area (Å²) in [4.78, 5) is 15.1. The molecule has 0 saturated carbocycles. The highest BCUT2D eigenvalue weighted by atomic mass is 16.7. The molecule has 0 radical (unpaired) electrons. The van der Waals surface area contributed by atoms with E-state index in [2.05, 4.69) is 0 Å². The number of fused-ring (bicyclic) bond motifs is 1. The van der Waals surface area contributed by atoms with Crippen LogP contribution in [0.25, 0.3) is 6.08 Å². The highest BCUT2D eigenvalue weighted by Gasteiger charge is 2.37. The lowest BCUT2D eigenvalue weighted by Crippen LogP contribution is -2.51. The first-order chi connectivity index (χ1) is 12.8. The van der Waals surface area contributed by atoms with Gasteiger partial charge in [0.25, 0.3) is 5.91 Å². The normalized spacial score (nSPS) is 23.2. The second-order valence-electron chi connectivity index (χ2n) is 6.74. The number of hydrogen-bond acceptors (Lipinski definition) is 5. The van der Waals surface area contributed by atoms with Crippen LogP contribution in [-0.4, -0.2) is 56.1 Å². The average molecular weight is 359 g/mol. The Balaban J connectivity index is 1.56. The van der Waals surface area contributed by atoms with Crippen molar-refractivity contribution in [1.29, 1.82) is 0 Å². The minimum Gasteiger partial charge on any atom is -0.490 e. The Hall–Kier alpha value is -2.05. The van der Waals surface area contributed by atoms with Gasteiger partial charge in [-0.05, 0) is 38.3 Å². The van der Waals surface area contributed by atoms with Gasteiger partial charge in [0.05, 0.1) is 31.4 Å². The molecule has 3 aliphatic heterocycles. The van der Waals surface area contributed by atoms with Crippen LogP contribution in [0.4, 0.5) is 0 Å². The molecule has 140 valence electrons. The molecule has 1 atom stereocenters. The lowest BCUT2D eigenvalue weighted by atomic mass is 9.99. The van der Waals surface area contributed by atoms with Crippen molar-refractivity contribution in [2.75, 3.05) is 33.0 Å². The molecule has 1 aromatic carbocycles. The first-order valence-electron chi connectivity index (χ1n) is 9.41. The molecule has 1 aromatic rings. The Bertz CT molecular complexity index is 695. The van der Waals surface area contributed by atoms with Gasteiger partial charge in [-0.3, -0.25) is 4.79 Å². The largest absolute Gasteiger partial charge is 0.490 e. The number of amides is 1. The van der Waals surface area contributed by atoms with Crippen molar-refractivity contribution in [3.63, 3.8) is 0 Å². The zero-order chi connectivity index (χ0) is 17.9. The van der Waals surface area contributed by atoms with Crippen molar-refractivity contribution in [3.05, 3.63) is 29.3 Å². The van der Waals surface area contributed by atoms with Crippen LogP contribution in [0.5, 0.6) is 11.5 Å². The van der Waals surface area contributed by atoms with Gasteiger partial charge in [-0.2, -0.15) is 0 Å². The van der Waals surface area contributed by atoms with Gasteiger partial charge in [-0.1, -0.05) is 12.1 Å². The average Bonchev–Trinajstić information content (AvgIpc) is 3.22. The molecule has 26 heavy (non-hydrogen) atoms. The summed E-state index contributed by atoms with van der Waals surface area (Å²) in [6.45, 7) is 4.70. The number of carbonyl (C=O) groups is 1. The van der Waals surface area contributed by atoms with Gasteiger partial charge in [0.1, 0.15) is 6.61 Å². The Morgan fingerprint density at radius 1 is 1.27 bits per heavy atom. The lowest BCUT2D eigenvalue weighted by molar-refractivity contribution is -0.147. The van der Waals surface area contributed by atoms with Gasteiger partial charge in [0.15, 0.2) is 17.8 Å². The van der Waals surface area contributed by atoms with Crippen LogP contribution in [0.3, 0.4) is 0 Å². The molecule has 2 fully saturated rings. The summed E-state index contributed by atoms with van der Waals surface area (Å²) in [6.07, 6.45) is 4.63. The van der Waals surface area contributed by atoms with E-state index in [-0.39, 0.29) is 24.8 Å². The second kappa shape index (κ2) is 7.68. The number of hydrogen-bond donors (Lipinski definition) is 0. The number of likely N-dealkylation sites (tertiary alicyclic amines) is 1. The van der Waals surface area contributed by atoms with E-state index in [1.165, 1.54) is 0 Å². The third kappa shape index (κ3) is 3.31. The van der Waals surface area contributed by atoms with Gasteiger partial charge in [-0.15, -0.1) is 0 Å². The van der Waals surface area contributed by atoms with Crippen LogP contribution in [0.15, 0.2) is 23.8 Å². The first-order valence-corrected chi connectivity index (χ1v) is 9.41. The Kier molecular flexibility index (Phi) is 5.13. The fraction of sp³-hybridized carbons (Fsp3) is 0.550. The summed E-state index contributed by atoms with van der Waals surface area (Å²) in [5, 5.41) is 0. The predicted molar refractivity (Wildman–Crippen MR) is 96.1 cm³/mol. The first kappa shape index (κ1) is 17.4. The third-order valence-corrected chi connectivity index (χ3v) is 5.06. The van der Waals surface area contributed by atoms with Gasteiger partial charge in [-0.25, -0.2) is 0 Å². The smallest absolute Gasteiger partial charge is 0.253 e. The van der Waals surface area contributed by atoms with Gasteiger partial charge in [0.2, 0.25) is 0 Å². The highest BCUT2D eigenvalue weighted by Crippen LogP contribution is 2.36. The van der Waals surface area contributed by atoms with E-state index in [9.17, 15) is 4.79 Å². The second-order valence-corrected chi connectivity index (χ2v) is 6.74. The van der Waals surface area contributed by atoms with E-state index in [0.717, 1.165) is 37.1 Å². The zero-order valence-corrected chi connectivity index (χ0v) is 15.1. The molecule has 1 amide bonds. The van der Waals surface area contributed by atoms with Crippen molar-refractivity contribution in [3.8, 4) is 11.5 Å². The van der Waals surface area contributed by atoms with Crippen molar-refractivity contribution >= 4 is 12.0 Å². The number of piperidine rings is 1.